The molecule has 2 nitrogen and oxygen atoms in total. The van der Waals surface area contributed by atoms with Crippen LogP contribution in [0.3, 0.4) is 0 Å². The zero-order valence-electron chi connectivity index (χ0n) is 11.9. The van der Waals surface area contributed by atoms with Gasteiger partial charge in [0, 0.05) is 16.6 Å². The maximum absolute atomic E-state index is 12.4. The van der Waals surface area contributed by atoms with Crippen molar-refractivity contribution in [2.24, 2.45) is 0 Å². The van der Waals surface area contributed by atoms with Gasteiger partial charge in [-0.3, -0.25) is 9.69 Å². The van der Waals surface area contributed by atoms with E-state index in [4.69, 9.17) is 23.2 Å². The number of Topliss-reactive ketones (excluding diaryl/α,β-unsaturated/α-hetero) is 1. The van der Waals surface area contributed by atoms with Crippen LogP contribution in [-0.2, 0) is 0 Å². The van der Waals surface area contributed by atoms with Crippen molar-refractivity contribution < 1.29 is 4.79 Å². The summed E-state index contributed by atoms with van der Waals surface area (Å²) in [4.78, 5) is 14.7. The first kappa shape index (κ1) is 15.8. The van der Waals surface area contributed by atoms with Crippen LogP contribution in [-0.4, -0.2) is 29.8 Å². The summed E-state index contributed by atoms with van der Waals surface area (Å²) >= 11 is 12.0. The van der Waals surface area contributed by atoms with Crippen LogP contribution in [0.4, 0.5) is 0 Å². The fraction of sp³-hybridized carbons (Fsp3) is 0.562. The fourth-order valence-electron chi connectivity index (χ4n) is 2.91. The summed E-state index contributed by atoms with van der Waals surface area (Å²) in [6.07, 6.45) is 5.99. The minimum Gasteiger partial charge on any atom is -0.293 e. The van der Waals surface area contributed by atoms with Crippen molar-refractivity contribution in [2.45, 2.75) is 45.1 Å². The summed E-state index contributed by atoms with van der Waals surface area (Å²) in [5.41, 5.74) is 0.580. The van der Waals surface area contributed by atoms with Crippen molar-refractivity contribution in [3.8, 4) is 0 Å². The van der Waals surface area contributed by atoms with Crippen LogP contribution < -0.4 is 0 Å². The van der Waals surface area contributed by atoms with Crippen LogP contribution in [0.15, 0.2) is 18.2 Å². The number of piperidine rings is 1. The highest BCUT2D eigenvalue weighted by Gasteiger charge is 2.24. The third kappa shape index (κ3) is 3.97. The molecule has 1 aliphatic rings. The van der Waals surface area contributed by atoms with E-state index < -0.39 is 0 Å². The number of likely N-dealkylation sites (tertiary alicyclic amines) is 1. The zero-order chi connectivity index (χ0) is 14.5. The van der Waals surface area contributed by atoms with E-state index in [2.05, 4.69) is 11.8 Å². The molecule has 0 amide bonds. The van der Waals surface area contributed by atoms with Gasteiger partial charge in [0.2, 0.25) is 0 Å². The van der Waals surface area contributed by atoms with Gasteiger partial charge in [-0.15, -0.1) is 0 Å². The lowest BCUT2D eigenvalue weighted by Gasteiger charge is -2.35. The van der Waals surface area contributed by atoms with Crippen molar-refractivity contribution in [1.29, 1.82) is 0 Å². The topological polar surface area (TPSA) is 20.3 Å². The Hall–Kier alpha value is -0.570. The summed E-state index contributed by atoms with van der Waals surface area (Å²) < 4.78 is 0. The van der Waals surface area contributed by atoms with Crippen molar-refractivity contribution >= 4 is 29.0 Å². The summed E-state index contributed by atoms with van der Waals surface area (Å²) in [5, 5.41) is 1.01. The molecule has 1 aromatic carbocycles. The molecule has 1 aromatic rings. The number of hydrogen-bond donors (Lipinski definition) is 0. The van der Waals surface area contributed by atoms with Crippen molar-refractivity contribution in [2.75, 3.05) is 13.1 Å². The van der Waals surface area contributed by atoms with E-state index in [1.165, 1.54) is 25.7 Å². The number of hydrogen-bond acceptors (Lipinski definition) is 2. The fourth-order valence-corrected chi connectivity index (χ4v) is 3.43. The molecule has 0 radical (unpaired) electrons. The molecule has 1 aliphatic heterocycles. The Bertz CT molecular complexity index is 474. The van der Waals surface area contributed by atoms with E-state index in [0.717, 1.165) is 13.0 Å². The van der Waals surface area contributed by atoms with Gasteiger partial charge >= 0.3 is 0 Å². The van der Waals surface area contributed by atoms with Gasteiger partial charge in [-0.25, -0.2) is 0 Å². The Balaban J connectivity index is 2.05. The Kier molecular flexibility index (Phi) is 5.88. The summed E-state index contributed by atoms with van der Waals surface area (Å²) in [6.45, 7) is 3.68. The molecule has 1 heterocycles. The van der Waals surface area contributed by atoms with E-state index in [1.54, 1.807) is 18.2 Å². The normalized spacial score (nSPS) is 20.1. The second-order valence-electron chi connectivity index (χ2n) is 5.46. The van der Waals surface area contributed by atoms with Gasteiger partial charge in [0.05, 0.1) is 11.6 Å². The second-order valence-corrected chi connectivity index (χ2v) is 6.30. The van der Waals surface area contributed by atoms with E-state index in [0.29, 0.717) is 28.2 Å². The average molecular weight is 314 g/mol. The lowest BCUT2D eigenvalue weighted by atomic mass is 9.97. The van der Waals surface area contributed by atoms with Gasteiger partial charge in [-0.1, -0.05) is 43.0 Å². The van der Waals surface area contributed by atoms with E-state index >= 15 is 0 Å². The van der Waals surface area contributed by atoms with Gasteiger partial charge in [-0.05, 0) is 44.0 Å². The van der Waals surface area contributed by atoms with Crippen LogP contribution in [0.2, 0.25) is 10.0 Å². The van der Waals surface area contributed by atoms with Crippen LogP contribution in [0, 0.1) is 0 Å². The molecule has 0 bridgehead atoms. The van der Waals surface area contributed by atoms with Gasteiger partial charge in [0.1, 0.15) is 0 Å². The molecule has 1 fully saturated rings. The van der Waals surface area contributed by atoms with Crippen LogP contribution in [0.1, 0.15) is 49.4 Å². The smallest absolute Gasteiger partial charge is 0.178 e. The van der Waals surface area contributed by atoms with Gasteiger partial charge < -0.3 is 0 Å². The third-order valence-corrected chi connectivity index (χ3v) is 4.50. The molecular weight excluding hydrogens is 293 g/mol. The molecule has 1 saturated heterocycles. The van der Waals surface area contributed by atoms with Crippen molar-refractivity contribution in [1.82, 2.24) is 4.90 Å². The van der Waals surface area contributed by atoms with Crippen LogP contribution >= 0.6 is 23.2 Å². The standard InChI is InChI=1S/C16H21Cl2NO/c1-2-5-13-6-3-4-9-19(13)11-16(20)14-8-7-12(17)10-15(14)18/h7-8,10,13H,2-6,9,11H2,1H3. The Morgan fingerprint density at radius 1 is 1.35 bits per heavy atom. The Morgan fingerprint density at radius 3 is 2.85 bits per heavy atom. The predicted molar refractivity (Wildman–Crippen MR) is 84.9 cm³/mol. The monoisotopic (exact) mass is 313 g/mol. The van der Waals surface area contributed by atoms with E-state index in [1.807, 2.05) is 0 Å². The molecular formula is C16H21Cl2NO. The van der Waals surface area contributed by atoms with Gasteiger partial charge in [0.15, 0.2) is 5.78 Å². The number of benzene rings is 1. The molecule has 4 heteroatoms. The molecule has 1 unspecified atom stereocenters. The number of ketones is 1. The quantitative estimate of drug-likeness (QED) is 0.726. The maximum Gasteiger partial charge on any atom is 0.178 e. The van der Waals surface area contributed by atoms with Crippen LogP contribution in [0.5, 0.6) is 0 Å². The second kappa shape index (κ2) is 7.44. The first-order chi connectivity index (χ1) is 9.61. The first-order valence-electron chi connectivity index (χ1n) is 7.34. The lowest BCUT2D eigenvalue weighted by Crippen LogP contribution is -2.42. The molecule has 20 heavy (non-hydrogen) atoms. The molecule has 110 valence electrons. The minimum atomic E-state index is 0.0923. The lowest BCUT2D eigenvalue weighted by molar-refractivity contribution is 0.0831. The average Bonchev–Trinajstić information content (AvgIpc) is 2.41. The van der Waals surface area contributed by atoms with E-state index in [9.17, 15) is 4.79 Å². The molecule has 0 aliphatic carbocycles. The van der Waals surface area contributed by atoms with Gasteiger partial charge in [-0.2, -0.15) is 0 Å². The summed E-state index contributed by atoms with van der Waals surface area (Å²) in [7, 11) is 0. The van der Waals surface area contributed by atoms with Crippen molar-refractivity contribution in [3.05, 3.63) is 33.8 Å². The minimum absolute atomic E-state index is 0.0923. The Morgan fingerprint density at radius 2 is 2.15 bits per heavy atom. The first-order valence-corrected chi connectivity index (χ1v) is 8.09. The molecule has 0 aromatic heterocycles. The van der Waals surface area contributed by atoms with E-state index in [-0.39, 0.29) is 5.78 Å². The predicted octanol–water partition coefficient (Wildman–Crippen LogP) is 4.83. The molecule has 2 rings (SSSR count). The molecule has 0 N–H and O–H groups in total. The number of rotatable bonds is 5. The highest BCUT2D eigenvalue weighted by Crippen LogP contribution is 2.24. The summed E-state index contributed by atoms with van der Waals surface area (Å²) in [6, 6.07) is 5.63. The largest absolute Gasteiger partial charge is 0.293 e. The zero-order valence-corrected chi connectivity index (χ0v) is 13.4. The maximum atomic E-state index is 12.4. The third-order valence-electron chi connectivity index (χ3n) is 3.95. The SMILES string of the molecule is CCCC1CCCCN1CC(=O)c1ccc(Cl)cc1Cl. The highest BCUT2D eigenvalue weighted by atomic mass is 35.5. The van der Waals surface area contributed by atoms with Gasteiger partial charge in [0.25, 0.3) is 0 Å². The Labute approximate surface area is 131 Å². The van der Waals surface area contributed by atoms with Crippen LogP contribution in [0.25, 0.3) is 0 Å². The summed E-state index contributed by atoms with van der Waals surface area (Å²) in [5.74, 6) is 0.0923. The number of carbonyl (C=O) groups is 1. The number of carbonyl (C=O) groups excluding carboxylic acids is 1. The molecule has 1 atom stereocenters. The molecule has 0 spiro atoms. The highest BCUT2D eigenvalue weighted by molar-refractivity contribution is 6.36. The van der Waals surface area contributed by atoms with Crippen molar-refractivity contribution in [3.63, 3.8) is 0 Å². The molecule has 0 saturated carbocycles. The number of nitrogens with zero attached hydrogens (tertiary/aromatic N) is 1. The number of halogens is 2.